The number of carbonyl (C=O) groups excluding carboxylic acids is 1. The van der Waals surface area contributed by atoms with Crippen molar-refractivity contribution in [1.29, 1.82) is 0 Å². The number of nitrogens with one attached hydrogen (secondary N) is 1. The molecule has 0 bridgehead atoms. The molecule has 3 aromatic rings. The second kappa shape index (κ2) is 13.3. The van der Waals surface area contributed by atoms with Crippen LogP contribution >= 0.6 is 11.3 Å². The fraction of sp³-hybridized carbons (Fsp3) is 0.432. The molecule has 7 rings (SSSR count). The Hall–Kier alpha value is -3.75. The van der Waals surface area contributed by atoms with E-state index in [9.17, 15) is 4.79 Å². The van der Waals surface area contributed by atoms with Gasteiger partial charge in [-0.3, -0.25) is 4.79 Å². The smallest absolute Gasteiger partial charge is 0.222 e. The minimum atomic E-state index is 0.220. The van der Waals surface area contributed by atoms with Crippen LogP contribution in [0.4, 0.5) is 0 Å². The molecular weight excluding hydrogens is 579 g/mol. The van der Waals surface area contributed by atoms with Crippen LogP contribution in [0.3, 0.4) is 0 Å². The Kier molecular flexibility index (Phi) is 8.85. The van der Waals surface area contributed by atoms with E-state index >= 15 is 0 Å². The van der Waals surface area contributed by atoms with E-state index in [1.807, 2.05) is 17.0 Å². The SMILES string of the molecule is CC(C)c1nnc(-c2ccc(Oc3cc(C4=CC=CC(C5=CCNCC5)N4C4CCCC4)ccc3CN3CCCC3=O)cc2)s1. The van der Waals surface area contributed by atoms with Gasteiger partial charge in [-0.2, -0.15) is 0 Å². The second-order valence-electron chi connectivity index (χ2n) is 12.9. The van der Waals surface area contributed by atoms with Crippen LogP contribution in [0.2, 0.25) is 0 Å². The van der Waals surface area contributed by atoms with Crippen molar-refractivity contribution >= 4 is 22.9 Å². The Balaban J connectivity index is 1.21. The fourth-order valence-corrected chi connectivity index (χ4v) is 7.89. The highest BCUT2D eigenvalue weighted by Gasteiger charge is 2.33. The van der Waals surface area contributed by atoms with Crippen molar-refractivity contribution < 1.29 is 9.53 Å². The minimum absolute atomic E-state index is 0.220. The lowest BCUT2D eigenvalue weighted by Gasteiger charge is -2.42. The summed E-state index contributed by atoms with van der Waals surface area (Å²) in [5.41, 5.74) is 5.99. The average Bonchev–Trinajstić information content (AvgIpc) is 3.86. The lowest BCUT2D eigenvalue weighted by molar-refractivity contribution is -0.128. The lowest BCUT2D eigenvalue weighted by Crippen LogP contribution is -2.43. The number of amides is 1. The van der Waals surface area contributed by atoms with Crippen LogP contribution in [-0.4, -0.2) is 57.6 Å². The van der Waals surface area contributed by atoms with E-state index in [0.717, 1.165) is 70.7 Å². The predicted octanol–water partition coefficient (Wildman–Crippen LogP) is 7.69. The molecule has 2 aromatic carbocycles. The summed E-state index contributed by atoms with van der Waals surface area (Å²) in [7, 11) is 0. The Labute approximate surface area is 270 Å². The van der Waals surface area contributed by atoms with E-state index in [1.165, 1.54) is 37.0 Å². The van der Waals surface area contributed by atoms with Crippen LogP contribution in [0, 0.1) is 0 Å². The van der Waals surface area contributed by atoms with Gasteiger partial charge in [0.15, 0.2) is 0 Å². The van der Waals surface area contributed by atoms with Crippen molar-refractivity contribution in [2.24, 2.45) is 0 Å². The first kappa shape index (κ1) is 29.9. The van der Waals surface area contributed by atoms with E-state index in [-0.39, 0.29) is 11.9 Å². The number of likely N-dealkylation sites (tertiary alicyclic amines) is 1. The zero-order valence-corrected chi connectivity index (χ0v) is 27.2. The summed E-state index contributed by atoms with van der Waals surface area (Å²) >= 11 is 1.64. The molecule has 1 amide bonds. The molecule has 1 aromatic heterocycles. The number of carbonyl (C=O) groups is 1. The van der Waals surface area contributed by atoms with Gasteiger partial charge >= 0.3 is 0 Å². The van der Waals surface area contributed by atoms with Gasteiger partial charge < -0.3 is 19.9 Å². The molecule has 1 saturated carbocycles. The summed E-state index contributed by atoms with van der Waals surface area (Å²) in [6, 6.07) is 15.5. The Morgan fingerprint density at radius 2 is 1.84 bits per heavy atom. The molecule has 1 saturated heterocycles. The topological polar surface area (TPSA) is 70.6 Å². The highest BCUT2D eigenvalue weighted by Crippen LogP contribution is 2.40. The first-order valence-corrected chi connectivity index (χ1v) is 17.4. The van der Waals surface area contributed by atoms with E-state index in [2.05, 4.69) is 88.9 Å². The molecule has 2 fully saturated rings. The van der Waals surface area contributed by atoms with Gasteiger partial charge in [-0.15, -0.1) is 10.2 Å². The van der Waals surface area contributed by atoms with Gasteiger partial charge in [-0.25, -0.2) is 0 Å². The molecule has 4 heterocycles. The highest BCUT2D eigenvalue weighted by atomic mass is 32.1. The van der Waals surface area contributed by atoms with Gasteiger partial charge in [0.25, 0.3) is 0 Å². The van der Waals surface area contributed by atoms with Crippen LogP contribution in [0.5, 0.6) is 11.5 Å². The van der Waals surface area contributed by atoms with Crippen molar-refractivity contribution in [3.05, 3.63) is 88.5 Å². The average molecular weight is 622 g/mol. The van der Waals surface area contributed by atoms with Gasteiger partial charge in [0, 0.05) is 60.4 Å². The maximum atomic E-state index is 12.6. The van der Waals surface area contributed by atoms with Gasteiger partial charge in [0.05, 0.1) is 6.04 Å². The lowest BCUT2D eigenvalue weighted by atomic mass is 9.92. The number of hydrogen-bond donors (Lipinski definition) is 1. The third-order valence-electron chi connectivity index (χ3n) is 9.48. The molecule has 0 radical (unpaired) electrons. The molecule has 4 aliphatic rings. The van der Waals surface area contributed by atoms with Crippen LogP contribution in [-0.2, 0) is 11.3 Å². The third kappa shape index (κ3) is 6.49. The summed E-state index contributed by atoms with van der Waals surface area (Å²) in [4.78, 5) is 17.2. The molecule has 8 heteroatoms. The number of allylic oxidation sites excluding steroid dienone is 2. The summed E-state index contributed by atoms with van der Waals surface area (Å²) in [6.07, 6.45) is 16.9. The van der Waals surface area contributed by atoms with Crippen molar-refractivity contribution in [2.75, 3.05) is 19.6 Å². The van der Waals surface area contributed by atoms with Crippen LogP contribution in [0.15, 0.2) is 72.3 Å². The number of ether oxygens (including phenoxy) is 1. The normalized spacial score (nSPS) is 20.7. The Morgan fingerprint density at radius 3 is 2.56 bits per heavy atom. The number of aromatic nitrogens is 2. The molecule has 45 heavy (non-hydrogen) atoms. The maximum Gasteiger partial charge on any atom is 0.222 e. The first-order chi connectivity index (χ1) is 22.0. The van der Waals surface area contributed by atoms with E-state index < -0.39 is 0 Å². The standard InChI is InChI=1S/C37H43N5O2S/c1-25(2)36-39-40-37(45-36)27-14-16-31(17-15-27)44-34-23-28(12-13-29(34)24-41-22-6-11-35(41)43)33-10-5-9-32(26-18-20-38-21-19-26)42(33)30-7-3-4-8-30/h5,9-10,12-18,23,25,30,32,38H,3-4,6-8,11,19-22,24H2,1-2H3. The molecule has 3 aliphatic heterocycles. The summed E-state index contributed by atoms with van der Waals surface area (Å²) < 4.78 is 6.67. The number of hydrogen-bond acceptors (Lipinski definition) is 7. The summed E-state index contributed by atoms with van der Waals surface area (Å²) in [5, 5.41) is 14.2. The Morgan fingerprint density at radius 1 is 1.02 bits per heavy atom. The predicted molar refractivity (Wildman–Crippen MR) is 181 cm³/mol. The molecular formula is C37H43N5O2S. The van der Waals surface area contributed by atoms with E-state index in [4.69, 9.17) is 4.74 Å². The number of rotatable bonds is 9. The monoisotopic (exact) mass is 621 g/mol. The number of nitrogens with zero attached hydrogens (tertiary/aromatic N) is 4. The highest BCUT2D eigenvalue weighted by molar-refractivity contribution is 7.14. The molecule has 1 N–H and O–H groups in total. The molecule has 7 nitrogen and oxygen atoms in total. The fourth-order valence-electron chi connectivity index (χ4n) is 7.04. The van der Waals surface area contributed by atoms with Crippen LogP contribution in [0.1, 0.15) is 80.8 Å². The van der Waals surface area contributed by atoms with Gasteiger partial charge in [-0.1, -0.05) is 68.4 Å². The molecule has 234 valence electrons. The van der Waals surface area contributed by atoms with Gasteiger partial charge in [0.2, 0.25) is 5.91 Å². The zero-order chi connectivity index (χ0) is 30.8. The van der Waals surface area contributed by atoms with Gasteiger partial charge in [-0.05, 0) is 74.2 Å². The quantitative estimate of drug-likeness (QED) is 0.247. The summed E-state index contributed by atoms with van der Waals surface area (Å²) in [5.74, 6) is 2.15. The van der Waals surface area contributed by atoms with E-state index in [1.54, 1.807) is 11.3 Å². The second-order valence-corrected chi connectivity index (χ2v) is 13.9. The van der Waals surface area contributed by atoms with E-state index in [0.29, 0.717) is 24.9 Å². The third-order valence-corrected chi connectivity index (χ3v) is 10.8. The van der Waals surface area contributed by atoms with Crippen molar-refractivity contribution in [3.63, 3.8) is 0 Å². The van der Waals surface area contributed by atoms with Crippen molar-refractivity contribution in [1.82, 2.24) is 25.3 Å². The molecule has 0 spiro atoms. The number of benzene rings is 2. The molecule has 1 atom stereocenters. The molecule has 1 aliphatic carbocycles. The Bertz CT molecular complexity index is 1620. The molecule has 1 unspecified atom stereocenters. The maximum absolute atomic E-state index is 12.6. The summed E-state index contributed by atoms with van der Waals surface area (Å²) in [6.45, 7) is 7.61. The van der Waals surface area contributed by atoms with Crippen LogP contribution in [0.25, 0.3) is 16.3 Å². The van der Waals surface area contributed by atoms with Crippen LogP contribution < -0.4 is 10.1 Å². The minimum Gasteiger partial charge on any atom is -0.457 e. The largest absolute Gasteiger partial charge is 0.457 e. The van der Waals surface area contributed by atoms with Crippen molar-refractivity contribution in [3.8, 4) is 22.1 Å². The van der Waals surface area contributed by atoms with Gasteiger partial charge in [0.1, 0.15) is 21.5 Å². The first-order valence-electron chi connectivity index (χ1n) is 16.6. The van der Waals surface area contributed by atoms with Crippen molar-refractivity contribution in [2.45, 2.75) is 83.3 Å². The zero-order valence-electron chi connectivity index (χ0n) is 26.4.